The second kappa shape index (κ2) is 12.2. The van der Waals surface area contributed by atoms with Crippen molar-refractivity contribution >= 4 is 0 Å². The quantitative estimate of drug-likeness (QED) is 0.263. The van der Waals surface area contributed by atoms with E-state index in [1.807, 2.05) is 0 Å². The van der Waals surface area contributed by atoms with E-state index in [1.54, 1.807) is 25.7 Å². The number of hydrogen-bond donors (Lipinski definition) is 0. The molecule has 24 heavy (non-hydrogen) atoms. The van der Waals surface area contributed by atoms with Gasteiger partial charge in [-0.15, -0.1) is 6.58 Å². The highest BCUT2D eigenvalue weighted by Gasteiger charge is 2.21. The third-order valence-electron chi connectivity index (χ3n) is 7.13. The van der Waals surface area contributed by atoms with Crippen LogP contribution in [0.1, 0.15) is 116 Å². The molecule has 0 spiro atoms. The van der Waals surface area contributed by atoms with Gasteiger partial charge >= 0.3 is 0 Å². The zero-order chi connectivity index (χ0) is 17.0. The molecule has 0 heteroatoms. The van der Waals surface area contributed by atoms with Crippen LogP contribution in [0, 0.1) is 23.7 Å². The van der Waals surface area contributed by atoms with Crippen LogP contribution in [0.3, 0.4) is 0 Å². The fourth-order valence-corrected chi connectivity index (χ4v) is 5.25. The number of unbranched alkanes of at least 4 members (excludes halogenated alkanes) is 4. The van der Waals surface area contributed by atoms with Crippen molar-refractivity contribution in [1.29, 1.82) is 0 Å². The van der Waals surface area contributed by atoms with Crippen molar-refractivity contribution in [3.05, 3.63) is 12.7 Å². The maximum atomic E-state index is 3.97. The van der Waals surface area contributed by atoms with Gasteiger partial charge < -0.3 is 0 Å². The Morgan fingerprint density at radius 2 is 1.04 bits per heavy atom. The average molecular weight is 333 g/mol. The Morgan fingerprint density at radius 3 is 1.46 bits per heavy atom. The summed E-state index contributed by atoms with van der Waals surface area (Å²) in [5.41, 5.74) is 0. The molecule has 0 amide bonds. The van der Waals surface area contributed by atoms with Gasteiger partial charge in [-0.25, -0.2) is 0 Å². The number of allylic oxidation sites excluding steroid dienone is 1. The minimum Gasteiger partial charge on any atom is -0.103 e. The van der Waals surface area contributed by atoms with Crippen molar-refractivity contribution in [2.45, 2.75) is 116 Å². The highest BCUT2D eigenvalue weighted by molar-refractivity contribution is 4.84. The molecule has 0 N–H and O–H groups in total. The number of rotatable bonds is 11. The Balaban J connectivity index is 1.44. The first-order valence-corrected chi connectivity index (χ1v) is 11.4. The summed E-state index contributed by atoms with van der Waals surface area (Å²) in [6.45, 7) is 6.28. The van der Waals surface area contributed by atoms with Gasteiger partial charge in [-0.3, -0.25) is 0 Å². The number of hydrogen-bond acceptors (Lipinski definition) is 0. The molecule has 0 aromatic rings. The standard InChI is InChI=1S/C24H44/c1-3-5-6-7-10-22-17-19-24(20-18-22)12-9-8-11-23-15-13-21(4-2)14-16-23/h4,21-24H,2-3,5-20H2,1H3/t21?,22-,23?,24-. The third kappa shape index (κ3) is 7.75. The topological polar surface area (TPSA) is 0 Å². The van der Waals surface area contributed by atoms with Gasteiger partial charge in [0.2, 0.25) is 0 Å². The molecule has 0 aliphatic heterocycles. The summed E-state index contributed by atoms with van der Waals surface area (Å²) >= 11 is 0. The van der Waals surface area contributed by atoms with E-state index in [2.05, 4.69) is 19.6 Å². The Bertz CT molecular complexity index is 302. The first kappa shape index (κ1) is 20.1. The van der Waals surface area contributed by atoms with Crippen LogP contribution in [0.25, 0.3) is 0 Å². The first-order chi connectivity index (χ1) is 11.8. The lowest BCUT2D eigenvalue weighted by Crippen LogP contribution is -2.15. The molecule has 140 valence electrons. The van der Waals surface area contributed by atoms with Gasteiger partial charge in [-0.1, -0.05) is 96.5 Å². The molecule has 2 saturated carbocycles. The summed E-state index contributed by atoms with van der Waals surface area (Å²) in [6.07, 6.45) is 27.5. The highest BCUT2D eigenvalue weighted by Crippen LogP contribution is 2.36. The molecule has 0 aromatic carbocycles. The van der Waals surface area contributed by atoms with Gasteiger partial charge in [0.1, 0.15) is 0 Å². The lowest BCUT2D eigenvalue weighted by Gasteiger charge is -2.29. The van der Waals surface area contributed by atoms with Crippen LogP contribution in [0.5, 0.6) is 0 Å². The van der Waals surface area contributed by atoms with Gasteiger partial charge in [0, 0.05) is 0 Å². The van der Waals surface area contributed by atoms with Crippen LogP contribution in [0.15, 0.2) is 12.7 Å². The Hall–Kier alpha value is -0.260. The van der Waals surface area contributed by atoms with Crippen molar-refractivity contribution in [3.8, 4) is 0 Å². The summed E-state index contributed by atoms with van der Waals surface area (Å²) in [5.74, 6) is 4.03. The molecule has 2 aliphatic rings. The van der Waals surface area contributed by atoms with Crippen LogP contribution in [0.2, 0.25) is 0 Å². The van der Waals surface area contributed by atoms with Gasteiger partial charge in [0.25, 0.3) is 0 Å². The monoisotopic (exact) mass is 332 g/mol. The molecule has 0 atom stereocenters. The third-order valence-corrected chi connectivity index (χ3v) is 7.13. The van der Waals surface area contributed by atoms with E-state index in [1.165, 1.54) is 83.5 Å². The minimum atomic E-state index is 0.832. The molecule has 2 aliphatic carbocycles. The Morgan fingerprint density at radius 1 is 0.625 bits per heavy atom. The molecule has 0 aromatic heterocycles. The van der Waals surface area contributed by atoms with Crippen LogP contribution in [-0.2, 0) is 0 Å². The average Bonchev–Trinajstić information content (AvgIpc) is 2.64. The maximum Gasteiger partial charge on any atom is -0.0236 e. The zero-order valence-corrected chi connectivity index (χ0v) is 16.6. The van der Waals surface area contributed by atoms with Crippen LogP contribution in [-0.4, -0.2) is 0 Å². The van der Waals surface area contributed by atoms with E-state index in [-0.39, 0.29) is 0 Å². The van der Waals surface area contributed by atoms with Crippen molar-refractivity contribution < 1.29 is 0 Å². The van der Waals surface area contributed by atoms with Crippen LogP contribution < -0.4 is 0 Å². The largest absolute Gasteiger partial charge is 0.103 e. The van der Waals surface area contributed by atoms with Crippen LogP contribution >= 0.6 is 0 Å². The van der Waals surface area contributed by atoms with Crippen molar-refractivity contribution in [3.63, 3.8) is 0 Å². The van der Waals surface area contributed by atoms with Crippen molar-refractivity contribution in [1.82, 2.24) is 0 Å². The summed E-state index contributed by atoms with van der Waals surface area (Å²) in [7, 11) is 0. The summed E-state index contributed by atoms with van der Waals surface area (Å²) in [4.78, 5) is 0. The molecule has 0 saturated heterocycles. The molecule has 0 radical (unpaired) electrons. The Kier molecular flexibility index (Phi) is 10.2. The van der Waals surface area contributed by atoms with E-state index in [9.17, 15) is 0 Å². The maximum absolute atomic E-state index is 3.97. The van der Waals surface area contributed by atoms with Crippen molar-refractivity contribution in [2.24, 2.45) is 23.7 Å². The van der Waals surface area contributed by atoms with Gasteiger partial charge in [-0.2, -0.15) is 0 Å². The first-order valence-electron chi connectivity index (χ1n) is 11.4. The van der Waals surface area contributed by atoms with Gasteiger partial charge in [0.15, 0.2) is 0 Å². The second-order valence-corrected chi connectivity index (χ2v) is 9.04. The molecule has 2 fully saturated rings. The summed E-state index contributed by atoms with van der Waals surface area (Å²) in [5, 5.41) is 0. The molecule has 0 bridgehead atoms. The summed E-state index contributed by atoms with van der Waals surface area (Å²) in [6, 6.07) is 0. The highest BCUT2D eigenvalue weighted by atomic mass is 14.3. The van der Waals surface area contributed by atoms with E-state index in [0.29, 0.717) is 0 Å². The molecule has 2 rings (SSSR count). The Labute approximate surface area is 152 Å². The molecular weight excluding hydrogens is 288 g/mol. The van der Waals surface area contributed by atoms with Gasteiger partial charge in [0.05, 0.1) is 0 Å². The van der Waals surface area contributed by atoms with E-state index < -0.39 is 0 Å². The molecule has 0 heterocycles. The van der Waals surface area contributed by atoms with E-state index in [0.717, 1.165) is 23.7 Å². The molecule has 0 unspecified atom stereocenters. The fraction of sp³-hybridized carbons (Fsp3) is 0.917. The zero-order valence-electron chi connectivity index (χ0n) is 16.6. The fourth-order valence-electron chi connectivity index (χ4n) is 5.25. The summed E-state index contributed by atoms with van der Waals surface area (Å²) < 4.78 is 0. The lowest BCUT2D eigenvalue weighted by atomic mass is 9.77. The molecular formula is C24H44. The van der Waals surface area contributed by atoms with Crippen LogP contribution in [0.4, 0.5) is 0 Å². The van der Waals surface area contributed by atoms with Crippen molar-refractivity contribution in [2.75, 3.05) is 0 Å². The lowest BCUT2D eigenvalue weighted by molar-refractivity contribution is 0.239. The van der Waals surface area contributed by atoms with E-state index in [4.69, 9.17) is 0 Å². The second-order valence-electron chi connectivity index (χ2n) is 9.04. The van der Waals surface area contributed by atoms with E-state index >= 15 is 0 Å². The predicted molar refractivity (Wildman–Crippen MR) is 108 cm³/mol. The molecule has 0 nitrogen and oxygen atoms in total. The minimum absolute atomic E-state index is 0.832. The van der Waals surface area contributed by atoms with Gasteiger partial charge in [-0.05, 0) is 49.4 Å². The smallest absolute Gasteiger partial charge is 0.0236 e. The predicted octanol–water partition coefficient (Wildman–Crippen LogP) is 8.32. The normalized spacial score (nSPS) is 31.0. The SMILES string of the molecule is C=CC1CCC(CCCC[C@H]2CC[C@H](CCCCCC)CC2)CC1.